The van der Waals surface area contributed by atoms with E-state index in [-0.39, 0.29) is 11.4 Å². The smallest absolute Gasteiger partial charge is 0.244 e. The summed E-state index contributed by atoms with van der Waals surface area (Å²) in [4.78, 5) is 12.2. The lowest BCUT2D eigenvalue weighted by molar-refractivity contribution is -0.122. The van der Waals surface area contributed by atoms with Crippen molar-refractivity contribution in [3.05, 3.63) is 64.7 Å². The Kier molecular flexibility index (Phi) is 3.89. The maximum Gasteiger partial charge on any atom is 0.244 e. The van der Waals surface area contributed by atoms with Crippen LogP contribution in [0.2, 0.25) is 0 Å². The second-order valence-electron chi connectivity index (χ2n) is 6.73. The average molecular weight is 356 g/mol. The van der Waals surface area contributed by atoms with Crippen molar-refractivity contribution in [2.45, 2.75) is 43.2 Å². The summed E-state index contributed by atoms with van der Waals surface area (Å²) in [5.41, 5.74) is 9.74. The van der Waals surface area contributed by atoms with E-state index in [1.165, 1.54) is 9.87 Å². The predicted octanol–water partition coefficient (Wildman–Crippen LogP) is 1.78. The number of rotatable bonds is 3. The predicted molar refractivity (Wildman–Crippen MR) is 94.3 cm³/mol. The minimum atomic E-state index is -3.79. The number of hydrogen-bond acceptors (Lipinski definition) is 3. The molecule has 6 heteroatoms. The summed E-state index contributed by atoms with van der Waals surface area (Å²) in [6, 6.07) is 12.0. The Morgan fingerprint density at radius 1 is 1.00 bits per heavy atom. The third-order valence-corrected chi connectivity index (χ3v) is 7.06. The van der Waals surface area contributed by atoms with Crippen LogP contribution in [-0.2, 0) is 40.6 Å². The van der Waals surface area contributed by atoms with E-state index in [9.17, 15) is 13.2 Å². The van der Waals surface area contributed by atoms with Gasteiger partial charge in [-0.05, 0) is 60.1 Å². The van der Waals surface area contributed by atoms with Crippen molar-refractivity contribution in [3.8, 4) is 0 Å². The van der Waals surface area contributed by atoms with Gasteiger partial charge in [0.05, 0.1) is 4.90 Å². The lowest BCUT2D eigenvalue weighted by Gasteiger charge is -2.34. The molecule has 0 saturated carbocycles. The van der Waals surface area contributed by atoms with E-state index in [0.717, 1.165) is 36.0 Å². The highest BCUT2D eigenvalue weighted by Crippen LogP contribution is 2.31. The number of carbonyl (C=O) groups excluding carboxylic acids is 1. The molecule has 0 unspecified atom stereocenters. The van der Waals surface area contributed by atoms with Gasteiger partial charge in [-0.2, -0.15) is 4.31 Å². The van der Waals surface area contributed by atoms with E-state index in [1.807, 2.05) is 30.3 Å². The maximum absolute atomic E-state index is 13.2. The summed E-state index contributed by atoms with van der Waals surface area (Å²) >= 11 is 0. The molecular formula is C19H20N2O3S. The van der Waals surface area contributed by atoms with Crippen molar-refractivity contribution in [1.29, 1.82) is 0 Å². The minimum absolute atomic E-state index is 0.170. The van der Waals surface area contributed by atoms with Crippen molar-refractivity contribution >= 4 is 15.9 Å². The highest BCUT2D eigenvalue weighted by molar-refractivity contribution is 7.89. The van der Waals surface area contributed by atoms with Crippen molar-refractivity contribution in [2.24, 2.45) is 5.73 Å². The van der Waals surface area contributed by atoms with Crippen molar-refractivity contribution < 1.29 is 13.2 Å². The second-order valence-corrected chi connectivity index (χ2v) is 8.62. The summed E-state index contributed by atoms with van der Waals surface area (Å²) in [6.07, 6.45) is 3.27. The summed E-state index contributed by atoms with van der Waals surface area (Å²) in [5.74, 6) is -0.612. The molecule has 0 aromatic heterocycles. The monoisotopic (exact) mass is 356 g/mol. The van der Waals surface area contributed by atoms with Gasteiger partial charge < -0.3 is 5.73 Å². The summed E-state index contributed by atoms with van der Waals surface area (Å²) < 4.78 is 27.7. The van der Waals surface area contributed by atoms with Crippen LogP contribution in [0, 0.1) is 0 Å². The van der Waals surface area contributed by atoms with Crippen LogP contribution in [-0.4, -0.2) is 24.7 Å². The quantitative estimate of drug-likeness (QED) is 0.910. The SMILES string of the molecule is NC(=O)[C@H]1Cc2ccccc2CN1S(=O)(=O)c1ccc2c(c1)CCC2. The fourth-order valence-corrected chi connectivity index (χ4v) is 5.46. The van der Waals surface area contributed by atoms with Crippen LogP contribution in [0.3, 0.4) is 0 Å². The van der Waals surface area contributed by atoms with Crippen molar-refractivity contribution in [1.82, 2.24) is 4.31 Å². The molecule has 5 nitrogen and oxygen atoms in total. The van der Waals surface area contributed by atoms with Crippen LogP contribution in [0.15, 0.2) is 47.4 Å². The highest BCUT2D eigenvalue weighted by Gasteiger charge is 2.38. The van der Waals surface area contributed by atoms with Crippen LogP contribution in [0.1, 0.15) is 28.7 Å². The van der Waals surface area contributed by atoms with Gasteiger partial charge in [-0.1, -0.05) is 30.3 Å². The summed E-state index contributed by atoms with van der Waals surface area (Å²) in [7, 11) is -3.79. The number of primary amides is 1. The molecule has 2 aromatic carbocycles. The third-order valence-electron chi connectivity index (χ3n) is 5.21. The van der Waals surface area contributed by atoms with E-state index in [0.29, 0.717) is 6.42 Å². The summed E-state index contributed by atoms with van der Waals surface area (Å²) in [5, 5.41) is 0. The fourth-order valence-electron chi connectivity index (χ4n) is 3.84. The molecule has 2 aromatic rings. The van der Waals surface area contributed by atoms with Gasteiger partial charge in [0.1, 0.15) is 6.04 Å². The van der Waals surface area contributed by atoms with Gasteiger partial charge in [-0.25, -0.2) is 8.42 Å². The molecule has 0 spiro atoms. The van der Waals surface area contributed by atoms with Crippen molar-refractivity contribution in [2.75, 3.05) is 0 Å². The normalized spacial score (nSPS) is 20.1. The van der Waals surface area contributed by atoms with E-state index >= 15 is 0 Å². The van der Waals surface area contributed by atoms with Crippen molar-refractivity contribution in [3.63, 3.8) is 0 Å². The zero-order valence-electron chi connectivity index (χ0n) is 13.8. The van der Waals surface area contributed by atoms with E-state index in [4.69, 9.17) is 5.73 Å². The Balaban J connectivity index is 1.77. The molecule has 1 atom stereocenters. The number of nitrogens with zero attached hydrogens (tertiary/aromatic N) is 1. The van der Waals surface area contributed by atoms with E-state index in [2.05, 4.69) is 0 Å². The van der Waals surface area contributed by atoms with Gasteiger partial charge in [0.25, 0.3) is 0 Å². The first-order chi connectivity index (χ1) is 12.0. The highest BCUT2D eigenvalue weighted by atomic mass is 32.2. The van der Waals surface area contributed by atoms with Crippen LogP contribution in [0.25, 0.3) is 0 Å². The topological polar surface area (TPSA) is 80.5 Å². The molecule has 0 fully saturated rings. The maximum atomic E-state index is 13.2. The van der Waals surface area contributed by atoms with Gasteiger partial charge >= 0.3 is 0 Å². The van der Waals surface area contributed by atoms with E-state index in [1.54, 1.807) is 12.1 Å². The molecule has 1 heterocycles. The molecule has 1 aliphatic heterocycles. The first kappa shape index (κ1) is 16.3. The van der Waals surface area contributed by atoms with Gasteiger partial charge in [0.2, 0.25) is 15.9 Å². The Bertz CT molecular complexity index is 953. The van der Waals surface area contributed by atoms with Crippen LogP contribution in [0.5, 0.6) is 0 Å². The van der Waals surface area contributed by atoms with Crippen LogP contribution >= 0.6 is 0 Å². The Morgan fingerprint density at radius 3 is 2.48 bits per heavy atom. The molecule has 2 aliphatic rings. The molecule has 2 N–H and O–H groups in total. The molecule has 25 heavy (non-hydrogen) atoms. The number of benzene rings is 2. The number of sulfonamides is 1. The molecule has 0 saturated heterocycles. The number of amides is 1. The first-order valence-corrected chi connectivity index (χ1v) is 9.90. The Labute approximate surface area is 147 Å². The van der Waals surface area contributed by atoms with Gasteiger partial charge in [0, 0.05) is 6.54 Å². The molecular weight excluding hydrogens is 336 g/mol. The molecule has 1 amide bonds. The van der Waals surface area contributed by atoms with Crippen LogP contribution in [0.4, 0.5) is 0 Å². The van der Waals surface area contributed by atoms with E-state index < -0.39 is 22.0 Å². The Hall–Kier alpha value is -2.18. The summed E-state index contributed by atoms with van der Waals surface area (Å²) in [6.45, 7) is 0.170. The molecule has 0 radical (unpaired) electrons. The number of hydrogen-bond donors (Lipinski definition) is 1. The fraction of sp³-hybridized carbons (Fsp3) is 0.316. The standard InChI is InChI=1S/C19H20N2O3S/c20-19(22)18-11-15-4-1-2-5-16(15)12-21(18)25(23,24)17-9-8-13-6-3-7-14(13)10-17/h1-2,4-5,8-10,18H,3,6-7,11-12H2,(H2,20,22)/t18-/m1/s1. The molecule has 0 bridgehead atoms. The number of fused-ring (bicyclic) bond motifs is 2. The van der Waals surface area contributed by atoms with Crippen LogP contribution < -0.4 is 5.73 Å². The van der Waals surface area contributed by atoms with Gasteiger partial charge in [-0.15, -0.1) is 0 Å². The second kappa shape index (κ2) is 5.97. The number of nitrogens with two attached hydrogens (primary N) is 1. The lowest BCUT2D eigenvalue weighted by atomic mass is 9.96. The molecule has 1 aliphatic carbocycles. The zero-order valence-corrected chi connectivity index (χ0v) is 14.6. The molecule has 130 valence electrons. The first-order valence-electron chi connectivity index (χ1n) is 8.46. The van der Waals surface area contributed by atoms with Gasteiger partial charge in [-0.3, -0.25) is 4.79 Å². The third kappa shape index (κ3) is 2.75. The number of aryl methyl sites for hydroxylation is 2. The largest absolute Gasteiger partial charge is 0.368 e. The van der Waals surface area contributed by atoms with Gasteiger partial charge in [0.15, 0.2) is 0 Å². The lowest BCUT2D eigenvalue weighted by Crippen LogP contribution is -2.51. The molecule has 4 rings (SSSR count). The number of carbonyl (C=O) groups is 1. The average Bonchev–Trinajstić information content (AvgIpc) is 3.08. The minimum Gasteiger partial charge on any atom is -0.368 e. The zero-order chi connectivity index (χ0) is 17.6. The Morgan fingerprint density at radius 2 is 1.72 bits per heavy atom.